The minimum absolute atomic E-state index is 0.0467. The molecule has 0 amide bonds. The van der Waals surface area contributed by atoms with Crippen molar-refractivity contribution in [3.05, 3.63) is 30.1 Å². The van der Waals surface area contributed by atoms with Crippen molar-refractivity contribution in [1.82, 2.24) is 0 Å². The van der Waals surface area contributed by atoms with E-state index in [-0.39, 0.29) is 17.6 Å². The molecular formula is C12H18FNO. The Morgan fingerprint density at radius 3 is 2.67 bits per heavy atom. The molecule has 0 saturated carbocycles. The predicted octanol–water partition coefficient (Wildman–Crippen LogP) is 2.58. The molecule has 15 heavy (non-hydrogen) atoms. The van der Waals surface area contributed by atoms with Crippen LogP contribution in [0.15, 0.2) is 24.3 Å². The maximum atomic E-state index is 13.2. The number of hydrogen-bond acceptors (Lipinski definition) is 2. The lowest BCUT2D eigenvalue weighted by Crippen LogP contribution is -2.34. The zero-order chi connectivity index (χ0) is 11.3. The van der Waals surface area contributed by atoms with E-state index in [0.717, 1.165) is 6.42 Å². The van der Waals surface area contributed by atoms with Crippen molar-refractivity contribution >= 4 is 0 Å². The van der Waals surface area contributed by atoms with Crippen molar-refractivity contribution in [1.29, 1.82) is 0 Å². The number of para-hydroxylation sites is 1. The van der Waals surface area contributed by atoms with Gasteiger partial charge in [-0.3, -0.25) is 0 Å². The molecule has 0 fully saturated rings. The maximum absolute atomic E-state index is 13.2. The van der Waals surface area contributed by atoms with E-state index in [1.54, 1.807) is 18.2 Å². The average molecular weight is 211 g/mol. The average Bonchev–Trinajstić information content (AvgIpc) is 2.26. The molecule has 0 spiro atoms. The van der Waals surface area contributed by atoms with E-state index in [2.05, 4.69) is 13.8 Å². The van der Waals surface area contributed by atoms with Gasteiger partial charge < -0.3 is 10.5 Å². The maximum Gasteiger partial charge on any atom is 0.165 e. The van der Waals surface area contributed by atoms with Crippen LogP contribution < -0.4 is 10.5 Å². The minimum Gasteiger partial charge on any atom is -0.489 e. The van der Waals surface area contributed by atoms with Crippen LogP contribution in [0.5, 0.6) is 5.75 Å². The summed E-state index contributed by atoms with van der Waals surface area (Å²) in [5, 5.41) is 0. The number of halogens is 1. The summed E-state index contributed by atoms with van der Waals surface area (Å²) in [6, 6.07) is 6.32. The summed E-state index contributed by atoms with van der Waals surface area (Å²) < 4.78 is 18.5. The number of rotatable bonds is 5. The molecular weight excluding hydrogens is 193 g/mol. The largest absolute Gasteiger partial charge is 0.489 e. The van der Waals surface area contributed by atoms with Crippen LogP contribution in [0, 0.1) is 11.7 Å². The number of nitrogens with two attached hydrogens (primary N) is 1. The lowest BCUT2D eigenvalue weighted by Gasteiger charge is -2.18. The Hall–Kier alpha value is -1.09. The molecule has 0 aliphatic heterocycles. The van der Waals surface area contributed by atoms with Crippen LogP contribution in [0.2, 0.25) is 0 Å². The van der Waals surface area contributed by atoms with Crippen LogP contribution in [0.3, 0.4) is 0 Å². The van der Waals surface area contributed by atoms with Gasteiger partial charge in [-0.2, -0.15) is 0 Å². The highest BCUT2D eigenvalue weighted by molar-refractivity contribution is 5.23. The summed E-state index contributed by atoms with van der Waals surface area (Å²) in [4.78, 5) is 0. The summed E-state index contributed by atoms with van der Waals surface area (Å²) in [5.74, 6) is 0.321. The van der Waals surface area contributed by atoms with E-state index in [0.29, 0.717) is 12.5 Å². The highest BCUT2D eigenvalue weighted by Gasteiger charge is 2.12. The molecule has 0 radical (unpaired) electrons. The SMILES string of the molecule is CC[C@H](C)[C@H](N)COc1ccccc1F. The summed E-state index contributed by atoms with van der Waals surface area (Å²) in [6.45, 7) is 4.50. The summed E-state index contributed by atoms with van der Waals surface area (Å²) in [5.41, 5.74) is 5.88. The van der Waals surface area contributed by atoms with Crippen LogP contribution in [0.25, 0.3) is 0 Å². The molecule has 0 bridgehead atoms. The lowest BCUT2D eigenvalue weighted by atomic mass is 10.0. The topological polar surface area (TPSA) is 35.2 Å². The standard InChI is InChI=1S/C12H18FNO/c1-3-9(2)11(14)8-15-12-7-5-4-6-10(12)13/h4-7,9,11H,3,8,14H2,1-2H3/t9-,11+/m0/s1. The quantitative estimate of drug-likeness (QED) is 0.812. The zero-order valence-corrected chi connectivity index (χ0v) is 9.24. The Balaban J connectivity index is 2.47. The van der Waals surface area contributed by atoms with Gasteiger partial charge in [-0.05, 0) is 18.1 Å². The first kappa shape index (κ1) is 12.0. The van der Waals surface area contributed by atoms with Gasteiger partial charge in [0, 0.05) is 6.04 Å². The Kier molecular flexibility index (Phi) is 4.56. The van der Waals surface area contributed by atoms with Gasteiger partial charge in [0.2, 0.25) is 0 Å². The molecule has 2 atom stereocenters. The highest BCUT2D eigenvalue weighted by atomic mass is 19.1. The fourth-order valence-corrected chi connectivity index (χ4v) is 1.21. The van der Waals surface area contributed by atoms with Gasteiger partial charge in [-0.25, -0.2) is 4.39 Å². The van der Waals surface area contributed by atoms with Gasteiger partial charge in [0.1, 0.15) is 6.61 Å². The van der Waals surface area contributed by atoms with E-state index >= 15 is 0 Å². The van der Waals surface area contributed by atoms with Crippen LogP contribution in [0.4, 0.5) is 4.39 Å². The smallest absolute Gasteiger partial charge is 0.165 e. The van der Waals surface area contributed by atoms with Crippen molar-refractivity contribution in [2.45, 2.75) is 26.3 Å². The van der Waals surface area contributed by atoms with Crippen LogP contribution in [-0.2, 0) is 0 Å². The van der Waals surface area contributed by atoms with Crippen molar-refractivity contribution in [2.75, 3.05) is 6.61 Å². The first-order valence-electron chi connectivity index (χ1n) is 5.28. The van der Waals surface area contributed by atoms with Gasteiger partial charge in [0.25, 0.3) is 0 Å². The van der Waals surface area contributed by atoms with Crippen LogP contribution >= 0.6 is 0 Å². The van der Waals surface area contributed by atoms with Gasteiger partial charge in [0.05, 0.1) is 0 Å². The first-order valence-corrected chi connectivity index (χ1v) is 5.28. The third kappa shape index (κ3) is 3.51. The Bertz CT molecular complexity index is 303. The van der Waals surface area contributed by atoms with E-state index in [1.165, 1.54) is 6.07 Å². The Morgan fingerprint density at radius 1 is 1.40 bits per heavy atom. The van der Waals surface area contributed by atoms with Gasteiger partial charge in [-0.1, -0.05) is 32.4 Å². The highest BCUT2D eigenvalue weighted by Crippen LogP contribution is 2.16. The van der Waals surface area contributed by atoms with Crippen molar-refractivity contribution < 1.29 is 9.13 Å². The molecule has 0 aromatic heterocycles. The van der Waals surface area contributed by atoms with E-state index in [1.807, 2.05) is 0 Å². The minimum atomic E-state index is -0.339. The molecule has 0 aliphatic carbocycles. The second kappa shape index (κ2) is 5.71. The van der Waals surface area contributed by atoms with Gasteiger partial charge in [0.15, 0.2) is 11.6 Å². The molecule has 0 heterocycles. The Morgan fingerprint density at radius 2 is 2.07 bits per heavy atom. The van der Waals surface area contributed by atoms with E-state index in [4.69, 9.17) is 10.5 Å². The number of hydrogen-bond donors (Lipinski definition) is 1. The lowest BCUT2D eigenvalue weighted by molar-refractivity contribution is 0.241. The summed E-state index contributed by atoms with van der Waals surface area (Å²) in [6.07, 6.45) is 1.00. The van der Waals surface area contributed by atoms with Crippen molar-refractivity contribution in [3.8, 4) is 5.75 Å². The Labute approximate surface area is 90.2 Å². The second-order valence-corrected chi connectivity index (χ2v) is 3.79. The fraction of sp³-hybridized carbons (Fsp3) is 0.500. The van der Waals surface area contributed by atoms with E-state index in [9.17, 15) is 4.39 Å². The molecule has 2 nitrogen and oxygen atoms in total. The van der Waals surface area contributed by atoms with E-state index < -0.39 is 0 Å². The molecule has 0 unspecified atom stereocenters. The molecule has 1 aromatic rings. The summed E-state index contributed by atoms with van der Waals surface area (Å²) in [7, 11) is 0. The predicted molar refractivity (Wildman–Crippen MR) is 59.3 cm³/mol. The van der Waals surface area contributed by atoms with Crippen molar-refractivity contribution in [3.63, 3.8) is 0 Å². The molecule has 1 rings (SSSR count). The molecule has 2 N–H and O–H groups in total. The molecule has 0 aliphatic rings. The normalized spacial score (nSPS) is 14.7. The number of ether oxygens (including phenoxy) is 1. The molecule has 3 heteroatoms. The fourth-order valence-electron chi connectivity index (χ4n) is 1.21. The summed E-state index contributed by atoms with van der Waals surface area (Å²) >= 11 is 0. The van der Waals surface area contributed by atoms with Gasteiger partial charge >= 0.3 is 0 Å². The zero-order valence-electron chi connectivity index (χ0n) is 9.24. The monoisotopic (exact) mass is 211 g/mol. The van der Waals surface area contributed by atoms with Gasteiger partial charge in [-0.15, -0.1) is 0 Å². The number of benzene rings is 1. The third-order valence-electron chi connectivity index (χ3n) is 2.64. The molecule has 84 valence electrons. The molecule has 0 saturated heterocycles. The van der Waals surface area contributed by atoms with Crippen LogP contribution in [0.1, 0.15) is 20.3 Å². The second-order valence-electron chi connectivity index (χ2n) is 3.79. The van der Waals surface area contributed by atoms with Crippen molar-refractivity contribution in [2.24, 2.45) is 11.7 Å². The molecule has 1 aromatic carbocycles. The first-order chi connectivity index (χ1) is 7.15. The third-order valence-corrected chi connectivity index (χ3v) is 2.64. The van der Waals surface area contributed by atoms with Crippen LogP contribution in [-0.4, -0.2) is 12.6 Å².